The van der Waals surface area contributed by atoms with E-state index in [1.165, 1.54) is 17.7 Å². The molecule has 6 heteroatoms. The van der Waals surface area contributed by atoms with E-state index in [1.54, 1.807) is 11.3 Å². The zero-order valence-electron chi connectivity index (χ0n) is 13.2. The van der Waals surface area contributed by atoms with Crippen LogP contribution < -0.4 is 10.9 Å². The molecule has 122 valence electrons. The lowest BCUT2D eigenvalue weighted by Gasteiger charge is -2.18. The highest BCUT2D eigenvalue weighted by molar-refractivity contribution is 7.10. The van der Waals surface area contributed by atoms with E-state index in [9.17, 15) is 9.59 Å². The van der Waals surface area contributed by atoms with Crippen molar-refractivity contribution < 1.29 is 4.79 Å². The summed E-state index contributed by atoms with van der Waals surface area (Å²) >= 11 is 1.58. The number of thiophene rings is 1. The van der Waals surface area contributed by atoms with Crippen molar-refractivity contribution in [2.24, 2.45) is 0 Å². The van der Waals surface area contributed by atoms with Crippen LogP contribution in [0.4, 0.5) is 0 Å². The molecule has 0 bridgehead atoms. The summed E-state index contributed by atoms with van der Waals surface area (Å²) < 4.78 is 0. The number of rotatable bonds is 5. The Kier molecular flexibility index (Phi) is 4.86. The third-order valence-electron chi connectivity index (χ3n) is 3.74. The monoisotopic (exact) mass is 339 g/mol. The van der Waals surface area contributed by atoms with E-state index in [4.69, 9.17) is 0 Å². The average Bonchev–Trinajstić information content (AvgIpc) is 3.14. The van der Waals surface area contributed by atoms with E-state index in [1.807, 2.05) is 29.6 Å². The van der Waals surface area contributed by atoms with E-state index in [0.717, 1.165) is 16.9 Å². The van der Waals surface area contributed by atoms with Gasteiger partial charge in [0.2, 0.25) is 0 Å². The second kappa shape index (κ2) is 7.23. The number of aryl methyl sites for hydroxylation is 1. The maximum atomic E-state index is 12.5. The number of nitrogens with one attached hydrogen (secondary N) is 2. The topological polar surface area (TPSA) is 74.8 Å². The van der Waals surface area contributed by atoms with Gasteiger partial charge in [-0.25, -0.2) is 5.10 Å². The van der Waals surface area contributed by atoms with Crippen molar-refractivity contribution in [3.63, 3.8) is 0 Å². The SMILES string of the molecule is CCc1ccc([C@H](NC(=O)c2ccc(=O)[nH]n2)c2cccs2)cc1. The number of aromatic nitrogens is 2. The van der Waals surface area contributed by atoms with Gasteiger partial charge in [0.25, 0.3) is 11.5 Å². The third-order valence-corrected chi connectivity index (χ3v) is 4.67. The molecular formula is C18H17N3O2S. The highest BCUT2D eigenvalue weighted by atomic mass is 32.1. The van der Waals surface area contributed by atoms with E-state index in [-0.39, 0.29) is 23.2 Å². The molecule has 0 aliphatic rings. The summed E-state index contributed by atoms with van der Waals surface area (Å²) in [4.78, 5) is 24.6. The van der Waals surface area contributed by atoms with Crippen LogP contribution in [0.3, 0.4) is 0 Å². The van der Waals surface area contributed by atoms with Crippen molar-refractivity contribution >= 4 is 17.2 Å². The summed E-state index contributed by atoms with van der Waals surface area (Å²) in [6.45, 7) is 2.11. The molecule has 3 rings (SSSR count). The number of H-pyrrole nitrogens is 1. The molecule has 2 heterocycles. The molecule has 0 unspecified atom stereocenters. The van der Waals surface area contributed by atoms with Crippen LogP contribution in [0.5, 0.6) is 0 Å². The van der Waals surface area contributed by atoms with Crippen molar-refractivity contribution in [1.82, 2.24) is 15.5 Å². The quantitative estimate of drug-likeness (QED) is 0.750. The van der Waals surface area contributed by atoms with Gasteiger partial charge in [0.05, 0.1) is 6.04 Å². The number of nitrogens with zero attached hydrogens (tertiary/aromatic N) is 1. The Morgan fingerprint density at radius 2 is 2.00 bits per heavy atom. The first-order valence-electron chi connectivity index (χ1n) is 7.66. The molecule has 1 amide bonds. The van der Waals surface area contributed by atoms with Crippen LogP contribution in [0.1, 0.15) is 39.5 Å². The van der Waals surface area contributed by atoms with Gasteiger partial charge in [-0.2, -0.15) is 5.10 Å². The van der Waals surface area contributed by atoms with Gasteiger partial charge in [0, 0.05) is 10.9 Å². The van der Waals surface area contributed by atoms with Gasteiger partial charge in [-0.15, -0.1) is 11.3 Å². The van der Waals surface area contributed by atoms with Crippen molar-refractivity contribution in [2.45, 2.75) is 19.4 Å². The first-order valence-corrected chi connectivity index (χ1v) is 8.54. The number of aromatic amines is 1. The van der Waals surface area contributed by atoms with E-state index < -0.39 is 0 Å². The fraction of sp³-hybridized carbons (Fsp3) is 0.167. The fourth-order valence-electron chi connectivity index (χ4n) is 2.40. The zero-order valence-corrected chi connectivity index (χ0v) is 14.0. The van der Waals surface area contributed by atoms with Gasteiger partial charge in [-0.3, -0.25) is 9.59 Å². The molecule has 1 atom stereocenters. The Hall–Kier alpha value is -2.73. The minimum absolute atomic E-state index is 0.182. The van der Waals surface area contributed by atoms with Crippen LogP contribution in [0.2, 0.25) is 0 Å². The highest BCUT2D eigenvalue weighted by Crippen LogP contribution is 2.26. The normalized spacial score (nSPS) is 11.9. The molecule has 0 aliphatic heterocycles. The molecule has 2 aromatic heterocycles. The predicted octanol–water partition coefficient (Wildman–Crippen LogP) is 2.91. The molecule has 0 spiro atoms. The number of hydrogen-bond acceptors (Lipinski definition) is 4. The highest BCUT2D eigenvalue weighted by Gasteiger charge is 2.19. The number of benzene rings is 1. The Bertz CT molecular complexity index is 850. The van der Waals surface area contributed by atoms with Crippen molar-refractivity contribution in [2.75, 3.05) is 0 Å². The summed E-state index contributed by atoms with van der Waals surface area (Å²) in [6.07, 6.45) is 0.970. The smallest absolute Gasteiger partial charge is 0.272 e. The van der Waals surface area contributed by atoms with Crippen LogP contribution in [-0.4, -0.2) is 16.1 Å². The number of carbonyl (C=O) groups excluding carboxylic acids is 1. The van der Waals surface area contributed by atoms with Crippen molar-refractivity contribution in [1.29, 1.82) is 0 Å². The second-order valence-corrected chi connectivity index (χ2v) is 6.30. The fourth-order valence-corrected chi connectivity index (χ4v) is 3.20. The summed E-state index contributed by atoms with van der Waals surface area (Å²) in [6, 6.07) is 14.6. The van der Waals surface area contributed by atoms with Crippen LogP contribution in [0.15, 0.2) is 58.7 Å². The Labute approximate surface area is 143 Å². The molecule has 0 saturated carbocycles. The molecule has 0 radical (unpaired) electrons. The van der Waals surface area contributed by atoms with Crippen LogP contribution in [0, 0.1) is 0 Å². The van der Waals surface area contributed by atoms with Crippen LogP contribution in [0.25, 0.3) is 0 Å². The summed E-state index contributed by atoms with van der Waals surface area (Å²) in [5.74, 6) is -0.329. The van der Waals surface area contributed by atoms with E-state index >= 15 is 0 Å². The second-order valence-electron chi connectivity index (χ2n) is 5.32. The van der Waals surface area contributed by atoms with E-state index in [2.05, 4.69) is 34.6 Å². The average molecular weight is 339 g/mol. The first-order chi connectivity index (χ1) is 11.7. The third kappa shape index (κ3) is 3.60. The maximum absolute atomic E-state index is 12.5. The standard InChI is InChI=1S/C18H17N3O2S/c1-2-12-5-7-13(8-6-12)17(15-4-3-11-24-15)19-18(23)14-9-10-16(22)21-20-14/h3-11,17H,2H2,1H3,(H,19,23)(H,21,22)/t17-/m0/s1. The van der Waals surface area contributed by atoms with Crippen molar-refractivity contribution in [3.8, 4) is 0 Å². The van der Waals surface area contributed by atoms with Crippen LogP contribution in [-0.2, 0) is 6.42 Å². The summed E-state index contributed by atoms with van der Waals surface area (Å²) in [5, 5.41) is 11.0. The molecule has 0 aliphatic carbocycles. The predicted molar refractivity (Wildman–Crippen MR) is 94.3 cm³/mol. The maximum Gasteiger partial charge on any atom is 0.272 e. The zero-order chi connectivity index (χ0) is 16.9. The van der Waals surface area contributed by atoms with E-state index in [0.29, 0.717) is 0 Å². The lowest BCUT2D eigenvalue weighted by atomic mass is 10.0. The number of carbonyl (C=O) groups is 1. The largest absolute Gasteiger partial charge is 0.339 e. The Balaban J connectivity index is 1.89. The van der Waals surface area contributed by atoms with Gasteiger partial charge in [-0.1, -0.05) is 37.3 Å². The molecule has 5 nitrogen and oxygen atoms in total. The number of hydrogen-bond donors (Lipinski definition) is 2. The molecule has 0 saturated heterocycles. The minimum Gasteiger partial charge on any atom is -0.339 e. The van der Waals surface area contributed by atoms with Gasteiger partial charge >= 0.3 is 0 Å². The Morgan fingerprint density at radius 1 is 1.21 bits per heavy atom. The van der Waals surface area contributed by atoms with Gasteiger partial charge < -0.3 is 5.32 Å². The molecule has 3 aromatic rings. The molecule has 0 fully saturated rings. The minimum atomic E-state index is -0.337. The summed E-state index contributed by atoms with van der Waals surface area (Å²) in [5.41, 5.74) is 2.10. The van der Waals surface area contributed by atoms with Crippen molar-refractivity contribution in [3.05, 3.63) is 86.0 Å². The lowest BCUT2D eigenvalue weighted by molar-refractivity contribution is 0.0937. The molecular weight excluding hydrogens is 322 g/mol. The summed E-state index contributed by atoms with van der Waals surface area (Å²) in [7, 11) is 0. The van der Waals surface area contributed by atoms with Gasteiger partial charge in [-0.05, 0) is 35.1 Å². The van der Waals surface area contributed by atoms with Crippen LogP contribution >= 0.6 is 11.3 Å². The molecule has 2 N–H and O–H groups in total. The number of amides is 1. The van der Waals surface area contributed by atoms with Gasteiger partial charge in [0.15, 0.2) is 0 Å². The van der Waals surface area contributed by atoms with Gasteiger partial charge in [0.1, 0.15) is 5.69 Å². The molecule has 1 aromatic carbocycles. The molecule has 24 heavy (non-hydrogen) atoms. The first kappa shape index (κ1) is 16.1. The lowest BCUT2D eigenvalue weighted by Crippen LogP contribution is -2.30. The Morgan fingerprint density at radius 3 is 2.58 bits per heavy atom.